The van der Waals surface area contributed by atoms with Crippen LogP contribution in [0.2, 0.25) is 0 Å². The van der Waals surface area contributed by atoms with E-state index in [1.807, 2.05) is 16.7 Å². The van der Waals surface area contributed by atoms with Crippen LogP contribution in [0.5, 0.6) is 0 Å². The Morgan fingerprint density at radius 3 is 2.58 bits per heavy atom. The summed E-state index contributed by atoms with van der Waals surface area (Å²) in [6, 6.07) is 18.9. The van der Waals surface area contributed by atoms with Gasteiger partial charge in [-0.1, -0.05) is 85.3 Å². The fourth-order valence-corrected chi connectivity index (χ4v) is 6.12. The Labute approximate surface area is 188 Å². The molecule has 0 N–H and O–H groups in total. The molecule has 0 aliphatic heterocycles. The summed E-state index contributed by atoms with van der Waals surface area (Å²) >= 11 is 1.61. The summed E-state index contributed by atoms with van der Waals surface area (Å²) < 4.78 is 1.94. The molecule has 4 heteroatoms. The maximum Gasteiger partial charge on any atom is 0.258 e. The third kappa shape index (κ3) is 3.67. The average molecular weight is 429 g/mol. The molecule has 31 heavy (non-hydrogen) atoms. The summed E-state index contributed by atoms with van der Waals surface area (Å²) in [5, 5.41) is 0.810. The van der Waals surface area contributed by atoms with Gasteiger partial charge >= 0.3 is 0 Å². The van der Waals surface area contributed by atoms with Crippen molar-refractivity contribution >= 4 is 11.8 Å². The van der Waals surface area contributed by atoms with Crippen molar-refractivity contribution in [3.8, 4) is 11.3 Å². The fourth-order valence-electron chi connectivity index (χ4n) is 5.37. The lowest BCUT2D eigenvalue weighted by Gasteiger charge is -2.36. The molecular formula is C27H28N2OS. The Balaban J connectivity index is 1.67. The molecule has 5 rings (SSSR count). The quantitative estimate of drug-likeness (QED) is 0.283. The molecule has 2 aromatic carbocycles. The van der Waals surface area contributed by atoms with E-state index < -0.39 is 0 Å². The molecule has 0 unspecified atom stereocenters. The van der Waals surface area contributed by atoms with E-state index >= 15 is 0 Å². The van der Waals surface area contributed by atoms with Gasteiger partial charge in [0.2, 0.25) is 0 Å². The SMILES string of the molecule is C=CCSc1nc2c(c(=O)n1CCc1ccccc1)C1(CCCC1)Cc1ccccc1-2. The second-order valence-electron chi connectivity index (χ2n) is 8.73. The fraction of sp³-hybridized carbons (Fsp3) is 0.333. The monoisotopic (exact) mass is 428 g/mol. The molecular weight excluding hydrogens is 400 g/mol. The molecule has 0 atom stereocenters. The summed E-state index contributed by atoms with van der Waals surface area (Å²) in [5.41, 5.74) is 5.74. The molecule has 3 nitrogen and oxygen atoms in total. The molecule has 1 aromatic heterocycles. The van der Waals surface area contributed by atoms with Gasteiger partial charge in [-0.3, -0.25) is 9.36 Å². The molecule has 1 heterocycles. The number of rotatable bonds is 6. The standard InChI is InChI=1S/C27H28N2OS/c1-2-18-31-26-28-24-22-13-7-6-12-21(22)19-27(15-8-9-16-27)23(24)25(30)29(26)17-14-20-10-4-3-5-11-20/h2-7,10-13H,1,8-9,14-19H2. The van der Waals surface area contributed by atoms with E-state index in [2.05, 4.69) is 55.1 Å². The zero-order valence-corrected chi connectivity index (χ0v) is 18.7. The van der Waals surface area contributed by atoms with Crippen LogP contribution in [0.25, 0.3) is 11.3 Å². The third-order valence-electron chi connectivity index (χ3n) is 6.82. The average Bonchev–Trinajstić information content (AvgIpc) is 3.26. The molecule has 1 fully saturated rings. The molecule has 2 aliphatic rings. The van der Waals surface area contributed by atoms with Gasteiger partial charge in [0.05, 0.1) is 11.3 Å². The van der Waals surface area contributed by atoms with Crippen LogP contribution < -0.4 is 5.56 Å². The number of hydrogen-bond acceptors (Lipinski definition) is 3. The highest BCUT2D eigenvalue weighted by atomic mass is 32.2. The molecule has 2 aliphatic carbocycles. The van der Waals surface area contributed by atoms with Crippen LogP contribution in [-0.4, -0.2) is 15.3 Å². The van der Waals surface area contributed by atoms with Crippen LogP contribution in [0.4, 0.5) is 0 Å². The summed E-state index contributed by atoms with van der Waals surface area (Å²) in [6.45, 7) is 4.52. The van der Waals surface area contributed by atoms with Crippen molar-refractivity contribution < 1.29 is 0 Å². The predicted octanol–water partition coefficient (Wildman–Crippen LogP) is 5.80. The number of aromatic nitrogens is 2. The van der Waals surface area contributed by atoms with Gasteiger partial charge in [0.1, 0.15) is 0 Å². The van der Waals surface area contributed by atoms with Gasteiger partial charge in [0.25, 0.3) is 5.56 Å². The highest BCUT2D eigenvalue weighted by Gasteiger charge is 2.44. The van der Waals surface area contributed by atoms with Gasteiger partial charge in [-0.05, 0) is 36.8 Å². The maximum atomic E-state index is 14.1. The lowest BCUT2D eigenvalue weighted by molar-refractivity contribution is 0.415. The van der Waals surface area contributed by atoms with Crippen molar-refractivity contribution in [2.75, 3.05) is 5.75 Å². The molecule has 1 spiro atoms. The Morgan fingerprint density at radius 1 is 1.06 bits per heavy atom. The summed E-state index contributed by atoms with van der Waals surface area (Å²) in [5.74, 6) is 0.739. The summed E-state index contributed by atoms with van der Waals surface area (Å²) in [6.07, 6.45) is 8.23. The molecule has 0 bridgehead atoms. The minimum absolute atomic E-state index is 0.0517. The highest BCUT2D eigenvalue weighted by molar-refractivity contribution is 7.99. The molecule has 0 amide bonds. The van der Waals surface area contributed by atoms with Crippen LogP contribution >= 0.6 is 11.8 Å². The smallest absolute Gasteiger partial charge is 0.258 e. The van der Waals surface area contributed by atoms with E-state index in [1.54, 1.807) is 11.8 Å². The van der Waals surface area contributed by atoms with Crippen LogP contribution in [-0.2, 0) is 24.8 Å². The lowest BCUT2D eigenvalue weighted by atomic mass is 9.68. The first-order valence-electron chi connectivity index (χ1n) is 11.2. The summed E-state index contributed by atoms with van der Waals surface area (Å²) in [7, 11) is 0. The Hall–Kier alpha value is -2.59. The van der Waals surface area contributed by atoms with Crippen molar-refractivity contribution in [3.05, 3.63) is 94.3 Å². The van der Waals surface area contributed by atoms with E-state index in [9.17, 15) is 4.79 Å². The van der Waals surface area contributed by atoms with Gasteiger partial charge in [0.15, 0.2) is 5.16 Å². The zero-order valence-electron chi connectivity index (χ0n) is 17.8. The van der Waals surface area contributed by atoms with E-state index in [0.717, 1.165) is 53.4 Å². The topological polar surface area (TPSA) is 34.9 Å². The number of thioether (sulfide) groups is 1. The Kier molecular flexibility index (Phi) is 5.58. The normalized spacial score (nSPS) is 16.1. The summed E-state index contributed by atoms with van der Waals surface area (Å²) in [4.78, 5) is 19.2. The van der Waals surface area contributed by atoms with Crippen molar-refractivity contribution in [3.63, 3.8) is 0 Å². The molecule has 0 saturated heterocycles. The van der Waals surface area contributed by atoms with E-state index in [0.29, 0.717) is 6.54 Å². The van der Waals surface area contributed by atoms with Gasteiger partial charge in [-0.15, -0.1) is 6.58 Å². The van der Waals surface area contributed by atoms with E-state index in [-0.39, 0.29) is 11.0 Å². The van der Waals surface area contributed by atoms with Gasteiger partial charge < -0.3 is 0 Å². The van der Waals surface area contributed by atoms with Crippen molar-refractivity contribution in [2.24, 2.45) is 0 Å². The van der Waals surface area contributed by atoms with Crippen LogP contribution in [0.15, 0.2) is 77.2 Å². The largest absolute Gasteiger partial charge is 0.287 e. The molecule has 0 radical (unpaired) electrons. The van der Waals surface area contributed by atoms with Crippen molar-refractivity contribution in [1.82, 2.24) is 9.55 Å². The van der Waals surface area contributed by atoms with Crippen LogP contribution in [0, 0.1) is 0 Å². The number of fused-ring (bicyclic) bond motifs is 4. The van der Waals surface area contributed by atoms with Gasteiger partial charge in [-0.25, -0.2) is 4.98 Å². The first kappa shape index (κ1) is 20.3. The minimum Gasteiger partial charge on any atom is -0.287 e. The Morgan fingerprint density at radius 2 is 1.81 bits per heavy atom. The zero-order chi connectivity index (χ0) is 21.3. The van der Waals surface area contributed by atoms with Crippen LogP contribution in [0.3, 0.4) is 0 Å². The Bertz CT molecular complexity index is 1160. The highest BCUT2D eigenvalue weighted by Crippen LogP contribution is 2.49. The third-order valence-corrected chi connectivity index (χ3v) is 7.80. The van der Waals surface area contributed by atoms with Gasteiger partial charge in [-0.2, -0.15) is 0 Å². The molecule has 1 saturated carbocycles. The number of aryl methyl sites for hydroxylation is 1. The van der Waals surface area contributed by atoms with Crippen LogP contribution in [0.1, 0.15) is 42.4 Å². The number of hydrogen-bond donors (Lipinski definition) is 0. The maximum absolute atomic E-state index is 14.1. The van der Waals surface area contributed by atoms with E-state index in [1.165, 1.54) is 24.0 Å². The molecule has 3 aromatic rings. The first-order valence-corrected chi connectivity index (χ1v) is 12.2. The second kappa shape index (κ2) is 8.51. The van der Waals surface area contributed by atoms with Gasteiger partial charge in [0, 0.05) is 23.3 Å². The predicted molar refractivity (Wildman–Crippen MR) is 129 cm³/mol. The molecule has 158 valence electrons. The first-order chi connectivity index (χ1) is 15.2. The minimum atomic E-state index is -0.0517. The van der Waals surface area contributed by atoms with Crippen molar-refractivity contribution in [2.45, 2.75) is 55.6 Å². The van der Waals surface area contributed by atoms with E-state index in [4.69, 9.17) is 4.98 Å². The number of benzene rings is 2. The second-order valence-corrected chi connectivity index (χ2v) is 9.72. The van der Waals surface area contributed by atoms with Crippen molar-refractivity contribution in [1.29, 1.82) is 0 Å². The lowest BCUT2D eigenvalue weighted by Crippen LogP contribution is -2.40. The number of nitrogens with zero attached hydrogens (tertiary/aromatic N) is 2.